The molecule has 0 unspecified atom stereocenters. The highest BCUT2D eigenvalue weighted by Gasteiger charge is 2.24. The van der Waals surface area contributed by atoms with Gasteiger partial charge in [-0.05, 0) is 38.8 Å². The summed E-state index contributed by atoms with van der Waals surface area (Å²) in [5.41, 5.74) is 0. The Kier molecular flexibility index (Phi) is 6.91. The molecule has 3 amide bonds. The van der Waals surface area contributed by atoms with E-state index < -0.39 is 0 Å². The standard InChI is InChI=1S/C18H27N3O4/c1-13(2)19-18(23)21-10-8-14(9-11-21)20-17(22)12-25-16-7-5-4-6-15(16)24-3/h4-7,13-14H,8-12H2,1-3H3,(H,19,23)(H,20,22). The van der Waals surface area contributed by atoms with Gasteiger partial charge in [-0.1, -0.05) is 12.1 Å². The van der Waals surface area contributed by atoms with Crippen molar-refractivity contribution in [3.05, 3.63) is 24.3 Å². The number of ether oxygens (including phenoxy) is 2. The van der Waals surface area contributed by atoms with Gasteiger partial charge in [-0.25, -0.2) is 4.79 Å². The smallest absolute Gasteiger partial charge is 0.317 e. The number of nitrogens with zero attached hydrogens (tertiary/aromatic N) is 1. The highest BCUT2D eigenvalue weighted by Crippen LogP contribution is 2.25. The van der Waals surface area contributed by atoms with Crippen LogP contribution in [0.2, 0.25) is 0 Å². The first-order chi connectivity index (χ1) is 12.0. The van der Waals surface area contributed by atoms with Crippen LogP contribution in [-0.4, -0.2) is 55.7 Å². The molecule has 0 radical (unpaired) electrons. The summed E-state index contributed by atoms with van der Waals surface area (Å²) >= 11 is 0. The fourth-order valence-electron chi connectivity index (χ4n) is 2.72. The number of methoxy groups -OCH3 is 1. The summed E-state index contributed by atoms with van der Waals surface area (Å²) in [6.45, 7) is 5.08. The highest BCUT2D eigenvalue weighted by atomic mass is 16.5. The molecule has 0 bridgehead atoms. The van der Waals surface area contributed by atoms with Crippen LogP contribution in [0.15, 0.2) is 24.3 Å². The number of amides is 3. The lowest BCUT2D eigenvalue weighted by atomic mass is 10.1. The Hall–Kier alpha value is -2.44. The van der Waals surface area contributed by atoms with Gasteiger partial charge in [-0.2, -0.15) is 0 Å². The molecule has 0 spiro atoms. The molecule has 1 aliphatic heterocycles. The lowest BCUT2D eigenvalue weighted by Crippen LogP contribution is -2.51. The summed E-state index contributed by atoms with van der Waals surface area (Å²) in [5, 5.41) is 5.85. The Morgan fingerprint density at radius 1 is 1.20 bits per heavy atom. The minimum absolute atomic E-state index is 0.0423. The summed E-state index contributed by atoms with van der Waals surface area (Å²) in [6, 6.07) is 7.36. The van der Waals surface area contributed by atoms with E-state index in [9.17, 15) is 9.59 Å². The number of para-hydroxylation sites is 2. The predicted molar refractivity (Wildman–Crippen MR) is 94.9 cm³/mol. The van der Waals surface area contributed by atoms with Crippen LogP contribution in [0, 0.1) is 0 Å². The van der Waals surface area contributed by atoms with Crippen molar-refractivity contribution < 1.29 is 19.1 Å². The molecule has 1 aromatic rings. The van der Waals surface area contributed by atoms with E-state index in [1.165, 1.54) is 0 Å². The van der Waals surface area contributed by atoms with Gasteiger partial charge in [-0.3, -0.25) is 4.79 Å². The summed E-state index contributed by atoms with van der Waals surface area (Å²) in [4.78, 5) is 25.8. The molecule has 7 heteroatoms. The van der Waals surface area contributed by atoms with E-state index in [1.807, 2.05) is 26.0 Å². The molecule has 0 aromatic heterocycles. The van der Waals surface area contributed by atoms with Crippen LogP contribution in [0.1, 0.15) is 26.7 Å². The van der Waals surface area contributed by atoms with Crippen molar-refractivity contribution in [2.75, 3.05) is 26.8 Å². The number of hydrogen-bond acceptors (Lipinski definition) is 4. The van der Waals surface area contributed by atoms with Gasteiger partial charge < -0.3 is 25.0 Å². The van der Waals surface area contributed by atoms with Gasteiger partial charge in [-0.15, -0.1) is 0 Å². The Morgan fingerprint density at radius 3 is 2.44 bits per heavy atom. The molecule has 1 fully saturated rings. The molecule has 25 heavy (non-hydrogen) atoms. The number of carbonyl (C=O) groups is 2. The lowest BCUT2D eigenvalue weighted by molar-refractivity contribution is -0.124. The van der Waals surface area contributed by atoms with Crippen molar-refractivity contribution >= 4 is 11.9 Å². The predicted octanol–water partition coefficient (Wildman–Crippen LogP) is 1.77. The van der Waals surface area contributed by atoms with Crippen LogP contribution in [0.3, 0.4) is 0 Å². The molecule has 0 atom stereocenters. The van der Waals surface area contributed by atoms with Gasteiger partial charge in [0, 0.05) is 25.2 Å². The summed E-state index contributed by atoms with van der Waals surface area (Å²) < 4.78 is 10.7. The summed E-state index contributed by atoms with van der Waals surface area (Å²) in [7, 11) is 1.56. The number of carbonyl (C=O) groups excluding carboxylic acids is 2. The maximum absolute atomic E-state index is 12.1. The maximum atomic E-state index is 12.1. The number of benzene rings is 1. The molecule has 0 aliphatic carbocycles. The minimum Gasteiger partial charge on any atom is -0.493 e. The second kappa shape index (κ2) is 9.15. The maximum Gasteiger partial charge on any atom is 0.317 e. The first-order valence-electron chi connectivity index (χ1n) is 8.60. The van der Waals surface area contributed by atoms with Gasteiger partial charge >= 0.3 is 6.03 Å². The molecule has 1 aromatic carbocycles. The number of hydrogen-bond donors (Lipinski definition) is 2. The molecular weight excluding hydrogens is 322 g/mol. The number of likely N-dealkylation sites (tertiary alicyclic amines) is 1. The van der Waals surface area contributed by atoms with Crippen LogP contribution >= 0.6 is 0 Å². The molecular formula is C18H27N3O4. The normalized spacial score (nSPS) is 15.0. The summed E-state index contributed by atoms with van der Waals surface area (Å²) in [6.07, 6.45) is 1.48. The molecule has 138 valence electrons. The van der Waals surface area contributed by atoms with Crippen molar-refractivity contribution in [2.24, 2.45) is 0 Å². The monoisotopic (exact) mass is 349 g/mol. The van der Waals surface area contributed by atoms with Gasteiger partial charge in [0.2, 0.25) is 0 Å². The molecule has 0 saturated carbocycles. The second-order valence-corrected chi connectivity index (χ2v) is 6.37. The number of rotatable bonds is 6. The molecule has 7 nitrogen and oxygen atoms in total. The van der Waals surface area contributed by atoms with Crippen LogP contribution in [-0.2, 0) is 4.79 Å². The third kappa shape index (κ3) is 5.85. The second-order valence-electron chi connectivity index (χ2n) is 6.37. The van der Waals surface area contributed by atoms with E-state index in [0.29, 0.717) is 24.6 Å². The zero-order chi connectivity index (χ0) is 18.2. The third-order valence-electron chi connectivity index (χ3n) is 3.99. The van der Waals surface area contributed by atoms with E-state index in [0.717, 1.165) is 12.8 Å². The van der Waals surface area contributed by atoms with Gasteiger partial charge in [0.05, 0.1) is 7.11 Å². The molecule has 1 heterocycles. The first-order valence-corrected chi connectivity index (χ1v) is 8.60. The average molecular weight is 349 g/mol. The van der Waals surface area contributed by atoms with Gasteiger partial charge in [0.1, 0.15) is 0 Å². The SMILES string of the molecule is COc1ccccc1OCC(=O)NC1CCN(C(=O)NC(C)C)CC1. The van der Waals surface area contributed by atoms with E-state index in [-0.39, 0.29) is 30.6 Å². The lowest BCUT2D eigenvalue weighted by Gasteiger charge is -2.32. The van der Waals surface area contributed by atoms with Gasteiger partial charge in [0.25, 0.3) is 5.91 Å². The highest BCUT2D eigenvalue weighted by molar-refractivity contribution is 5.78. The van der Waals surface area contributed by atoms with Crippen molar-refractivity contribution in [3.8, 4) is 11.5 Å². The van der Waals surface area contributed by atoms with Crippen LogP contribution in [0.25, 0.3) is 0 Å². The first kappa shape index (κ1) is 18.9. The van der Waals surface area contributed by atoms with E-state index in [1.54, 1.807) is 24.1 Å². The Bertz CT molecular complexity index is 583. The fourth-order valence-corrected chi connectivity index (χ4v) is 2.72. The van der Waals surface area contributed by atoms with Crippen LogP contribution in [0.4, 0.5) is 4.79 Å². The van der Waals surface area contributed by atoms with Crippen molar-refractivity contribution in [1.29, 1.82) is 0 Å². The Labute approximate surface area is 148 Å². The van der Waals surface area contributed by atoms with Crippen molar-refractivity contribution in [2.45, 2.75) is 38.8 Å². The molecule has 2 rings (SSSR count). The minimum atomic E-state index is -0.170. The average Bonchev–Trinajstić information content (AvgIpc) is 2.60. The Morgan fingerprint density at radius 2 is 1.84 bits per heavy atom. The number of urea groups is 1. The Balaban J connectivity index is 1.72. The molecule has 1 aliphatic rings. The molecule has 1 saturated heterocycles. The van der Waals surface area contributed by atoms with Crippen molar-refractivity contribution in [3.63, 3.8) is 0 Å². The number of piperidine rings is 1. The van der Waals surface area contributed by atoms with E-state index in [2.05, 4.69) is 10.6 Å². The quantitative estimate of drug-likeness (QED) is 0.820. The zero-order valence-corrected chi connectivity index (χ0v) is 15.1. The largest absolute Gasteiger partial charge is 0.493 e. The topological polar surface area (TPSA) is 79.9 Å². The van der Waals surface area contributed by atoms with Gasteiger partial charge in [0.15, 0.2) is 18.1 Å². The third-order valence-corrected chi connectivity index (χ3v) is 3.99. The summed E-state index contributed by atoms with van der Waals surface area (Å²) in [5.74, 6) is 0.969. The van der Waals surface area contributed by atoms with Crippen LogP contribution < -0.4 is 20.1 Å². The van der Waals surface area contributed by atoms with Crippen LogP contribution in [0.5, 0.6) is 11.5 Å². The zero-order valence-electron chi connectivity index (χ0n) is 15.1. The number of nitrogens with one attached hydrogen (secondary N) is 2. The van der Waals surface area contributed by atoms with E-state index in [4.69, 9.17) is 9.47 Å². The van der Waals surface area contributed by atoms with Crippen molar-refractivity contribution in [1.82, 2.24) is 15.5 Å². The fraction of sp³-hybridized carbons (Fsp3) is 0.556. The molecule has 2 N–H and O–H groups in total. The van der Waals surface area contributed by atoms with E-state index >= 15 is 0 Å².